The van der Waals surface area contributed by atoms with E-state index in [1.807, 2.05) is 0 Å². The molecule has 4 rings (SSSR count). The number of benzene rings is 1. The van der Waals surface area contributed by atoms with Gasteiger partial charge >= 0.3 is 5.97 Å². The summed E-state index contributed by atoms with van der Waals surface area (Å²) in [7, 11) is 0. The molecular formula is C20H19N3O4S. The van der Waals surface area contributed by atoms with Gasteiger partial charge in [-0.25, -0.2) is 9.78 Å². The number of carbonyl (C=O) groups excluding carboxylic acids is 2. The molecule has 1 aromatic carbocycles. The monoisotopic (exact) mass is 397 g/mol. The molecule has 0 aliphatic heterocycles. The third kappa shape index (κ3) is 3.31. The fraction of sp³-hybridized carbons (Fsp3) is 0.300. The van der Waals surface area contributed by atoms with Gasteiger partial charge in [-0.1, -0.05) is 12.1 Å². The molecule has 0 saturated heterocycles. The van der Waals surface area contributed by atoms with E-state index in [0.717, 1.165) is 29.7 Å². The van der Waals surface area contributed by atoms with Crippen LogP contribution in [0.4, 0.5) is 5.00 Å². The van der Waals surface area contributed by atoms with Crippen LogP contribution in [0.5, 0.6) is 0 Å². The Morgan fingerprint density at radius 1 is 1.29 bits per heavy atom. The van der Waals surface area contributed by atoms with E-state index in [1.165, 1.54) is 22.2 Å². The Morgan fingerprint density at radius 2 is 2.11 bits per heavy atom. The van der Waals surface area contributed by atoms with Gasteiger partial charge in [-0.2, -0.15) is 0 Å². The van der Waals surface area contributed by atoms with E-state index < -0.39 is 5.97 Å². The lowest BCUT2D eigenvalue weighted by Gasteiger charge is -2.09. The first-order chi connectivity index (χ1) is 13.6. The maximum absolute atomic E-state index is 12.6. The van der Waals surface area contributed by atoms with E-state index in [4.69, 9.17) is 4.74 Å². The van der Waals surface area contributed by atoms with Gasteiger partial charge < -0.3 is 10.1 Å². The lowest BCUT2D eigenvalue weighted by atomic mass is 10.1. The first kappa shape index (κ1) is 18.4. The minimum absolute atomic E-state index is 0.179. The zero-order valence-corrected chi connectivity index (χ0v) is 16.2. The largest absolute Gasteiger partial charge is 0.462 e. The molecule has 144 valence electrons. The summed E-state index contributed by atoms with van der Waals surface area (Å²) < 4.78 is 6.44. The van der Waals surface area contributed by atoms with Crippen molar-refractivity contribution in [1.82, 2.24) is 9.55 Å². The molecule has 2 aromatic heterocycles. The summed E-state index contributed by atoms with van der Waals surface area (Å²) in [4.78, 5) is 42.9. The Bertz CT molecular complexity index is 1130. The van der Waals surface area contributed by atoms with Crippen molar-refractivity contribution >= 4 is 39.1 Å². The zero-order valence-electron chi connectivity index (χ0n) is 15.4. The van der Waals surface area contributed by atoms with Crippen LogP contribution in [0.1, 0.15) is 34.1 Å². The number of hydrogen-bond acceptors (Lipinski definition) is 6. The molecule has 0 atom stereocenters. The van der Waals surface area contributed by atoms with Crippen molar-refractivity contribution in [2.75, 3.05) is 11.9 Å². The number of esters is 1. The van der Waals surface area contributed by atoms with Gasteiger partial charge in [0.1, 0.15) is 11.5 Å². The maximum atomic E-state index is 12.6. The third-order valence-electron chi connectivity index (χ3n) is 4.70. The Labute approximate surface area is 165 Å². The number of carbonyl (C=O) groups is 2. The zero-order chi connectivity index (χ0) is 19.7. The molecule has 7 nitrogen and oxygen atoms in total. The number of amides is 1. The molecule has 0 bridgehead atoms. The highest BCUT2D eigenvalue weighted by Crippen LogP contribution is 2.39. The van der Waals surface area contributed by atoms with Crippen molar-refractivity contribution in [2.24, 2.45) is 0 Å². The lowest BCUT2D eigenvalue weighted by Crippen LogP contribution is -2.28. The number of nitrogens with one attached hydrogen (secondary N) is 1. The number of hydrogen-bond donors (Lipinski definition) is 1. The lowest BCUT2D eigenvalue weighted by molar-refractivity contribution is -0.116. The average Bonchev–Trinajstić information content (AvgIpc) is 3.25. The quantitative estimate of drug-likeness (QED) is 0.669. The molecule has 1 aliphatic carbocycles. The molecule has 3 aromatic rings. The molecule has 2 heterocycles. The highest BCUT2D eigenvalue weighted by atomic mass is 32.1. The number of fused-ring (bicyclic) bond motifs is 2. The number of ether oxygens (including phenoxy) is 1. The highest BCUT2D eigenvalue weighted by molar-refractivity contribution is 7.17. The van der Waals surface area contributed by atoms with E-state index in [2.05, 4.69) is 10.3 Å². The molecular weight excluding hydrogens is 378 g/mol. The van der Waals surface area contributed by atoms with Crippen molar-refractivity contribution in [3.05, 3.63) is 57.0 Å². The molecule has 28 heavy (non-hydrogen) atoms. The highest BCUT2D eigenvalue weighted by Gasteiger charge is 2.28. The third-order valence-corrected chi connectivity index (χ3v) is 5.91. The Morgan fingerprint density at radius 3 is 2.93 bits per heavy atom. The predicted molar refractivity (Wildman–Crippen MR) is 107 cm³/mol. The number of thiophene rings is 1. The molecule has 1 aliphatic rings. The van der Waals surface area contributed by atoms with Gasteiger partial charge in [-0.15, -0.1) is 11.3 Å². The number of rotatable bonds is 5. The van der Waals surface area contributed by atoms with Gasteiger partial charge in [0.15, 0.2) is 0 Å². The Hall–Kier alpha value is -3.00. The number of anilines is 1. The normalized spacial score (nSPS) is 12.8. The molecule has 8 heteroatoms. The van der Waals surface area contributed by atoms with Crippen LogP contribution in [0.3, 0.4) is 0 Å². The summed E-state index contributed by atoms with van der Waals surface area (Å²) >= 11 is 1.41. The molecule has 0 radical (unpaired) electrons. The second-order valence-corrected chi connectivity index (χ2v) is 7.63. The van der Waals surface area contributed by atoms with Gasteiger partial charge in [0.05, 0.1) is 29.4 Å². The summed E-state index contributed by atoms with van der Waals surface area (Å²) in [5.74, 6) is -0.800. The predicted octanol–water partition coefficient (Wildman–Crippen LogP) is 2.76. The van der Waals surface area contributed by atoms with Crippen LogP contribution in [0, 0.1) is 0 Å². The van der Waals surface area contributed by atoms with E-state index in [-0.39, 0.29) is 24.6 Å². The van der Waals surface area contributed by atoms with E-state index in [1.54, 1.807) is 31.2 Å². The van der Waals surface area contributed by atoms with Crippen LogP contribution < -0.4 is 10.9 Å². The van der Waals surface area contributed by atoms with Crippen LogP contribution >= 0.6 is 11.3 Å². The van der Waals surface area contributed by atoms with E-state index >= 15 is 0 Å². The van der Waals surface area contributed by atoms with E-state index in [9.17, 15) is 14.4 Å². The summed E-state index contributed by atoms with van der Waals surface area (Å²) in [5, 5.41) is 3.75. The fourth-order valence-electron chi connectivity index (χ4n) is 3.45. The Kier molecular flexibility index (Phi) is 4.95. The SMILES string of the molecule is CCOC(=O)c1c(NC(=O)Cn2cnc3ccccc3c2=O)sc2c1CCC2. The minimum Gasteiger partial charge on any atom is -0.462 e. The van der Waals surface area contributed by atoms with Crippen molar-refractivity contribution in [3.8, 4) is 0 Å². The molecule has 1 N–H and O–H groups in total. The number of para-hydroxylation sites is 1. The maximum Gasteiger partial charge on any atom is 0.341 e. The summed E-state index contributed by atoms with van der Waals surface area (Å²) in [6.07, 6.45) is 4.07. The van der Waals surface area contributed by atoms with Crippen molar-refractivity contribution in [1.29, 1.82) is 0 Å². The Balaban J connectivity index is 1.59. The first-order valence-corrected chi connectivity index (χ1v) is 9.95. The molecule has 0 spiro atoms. The molecule has 1 amide bonds. The molecule has 0 fully saturated rings. The minimum atomic E-state index is -0.415. The van der Waals surface area contributed by atoms with Crippen LogP contribution in [0.15, 0.2) is 35.4 Å². The van der Waals surface area contributed by atoms with Crippen LogP contribution in [0.25, 0.3) is 10.9 Å². The number of aryl methyl sites for hydroxylation is 1. The topological polar surface area (TPSA) is 90.3 Å². The van der Waals surface area contributed by atoms with Gasteiger partial charge in [0.25, 0.3) is 5.56 Å². The fourth-order valence-corrected chi connectivity index (χ4v) is 4.74. The van der Waals surface area contributed by atoms with Gasteiger partial charge in [-0.05, 0) is 43.9 Å². The summed E-state index contributed by atoms with van der Waals surface area (Å²) in [6.45, 7) is 1.85. The average molecular weight is 397 g/mol. The van der Waals surface area contributed by atoms with Gasteiger partial charge in [0.2, 0.25) is 5.91 Å². The van der Waals surface area contributed by atoms with Crippen molar-refractivity contribution in [2.45, 2.75) is 32.7 Å². The van der Waals surface area contributed by atoms with Crippen LogP contribution in [-0.2, 0) is 28.9 Å². The van der Waals surface area contributed by atoms with Crippen molar-refractivity contribution < 1.29 is 14.3 Å². The van der Waals surface area contributed by atoms with Crippen LogP contribution in [-0.4, -0.2) is 28.0 Å². The van der Waals surface area contributed by atoms with Gasteiger partial charge in [-0.3, -0.25) is 14.2 Å². The van der Waals surface area contributed by atoms with Crippen molar-refractivity contribution in [3.63, 3.8) is 0 Å². The first-order valence-electron chi connectivity index (χ1n) is 9.14. The number of aromatic nitrogens is 2. The van der Waals surface area contributed by atoms with Crippen LogP contribution in [0.2, 0.25) is 0 Å². The van der Waals surface area contributed by atoms with E-state index in [0.29, 0.717) is 21.5 Å². The standard InChI is InChI=1S/C20H19N3O4S/c1-2-27-20(26)17-13-7-5-9-15(13)28-18(17)22-16(24)10-23-11-21-14-8-4-3-6-12(14)19(23)25/h3-4,6,8,11H,2,5,7,9-10H2,1H3,(H,22,24). The number of nitrogens with zero attached hydrogens (tertiary/aromatic N) is 2. The van der Waals surface area contributed by atoms with Gasteiger partial charge in [0, 0.05) is 4.88 Å². The smallest absolute Gasteiger partial charge is 0.341 e. The summed E-state index contributed by atoms with van der Waals surface area (Å²) in [5.41, 5.74) is 1.74. The second-order valence-electron chi connectivity index (χ2n) is 6.52. The molecule has 0 saturated carbocycles. The summed E-state index contributed by atoms with van der Waals surface area (Å²) in [6, 6.07) is 7.00. The molecule has 0 unspecified atom stereocenters. The second kappa shape index (κ2) is 7.55.